The molecule has 0 aromatic rings. The molecule has 0 saturated carbocycles. The number of aliphatic carboxylic acids is 1. The topological polar surface area (TPSA) is 66.4 Å². The van der Waals surface area contributed by atoms with Crippen molar-refractivity contribution < 1.29 is 14.7 Å². The molecule has 104 valence electrons. The number of hydrogen-bond donors (Lipinski definition) is 2. The first kappa shape index (κ1) is 15.7. The fraction of sp³-hybridized carbons (Fsp3) is 0.833. The van der Waals surface area contributed by atoms with Crippen molar-refractivity contribution in [3.05, 3.63) is 0 Å². The smallest absolute Gasteiger partial charge is 0.305 e. The summed E-state index contributed by atoms with van der Waals surface area (Å²) in [4.78, 5) is 22.0. The number of unbranched alkanes of at least 4 members (excludes halogenated alkanes) is 1. The molecule has 0 aromatic heterocycles. The number of rotatable bonds is 8. The molecule has 1 rings (SSSR count). The molecule has 2 N–H and O–H groups in total. The van der Waals surface area contributed by atoms with Crippen LogP contribution in [0.25, 0.3) is 0 Å². The van der Waals surface area contributed by atoms with Crippen LogP contribution in [0, 0.1) is 0 Å². The first-order valence-corrected chi connectivity index (χ1v) is 8.75. The van der Waals surface area contributed by atoms with Crippen LogP contribution in [0.15, 0.2) is 0 Å². The highest BCUT2D eigenvalue weighted by atomic mass is 33.1. The van der Waals surface area contributed by atoms with E-state index in [9.17, 15) is 9.59 Å². The molecule has 4 nitrogen and oxygen atoms in total. The summed E-state index contributed by atoms with van der Waals surface area (Å²) in [5.74, 6) is 0.346. The van der Waals surface area contributed by atoms with E-state index in [2.05, 4.69) is 5.32 Å². The van der Waals surface area contributed by atoms with E-state index in [0.717, 1.165) is 18.1 Å². The van der Waals surface area contributed by atoms with Gasteiger partial charge in [-0.05, 0) is 26.2 Å². The molecule has 2 unspecified atom stereocenters. The first-order chi connectivity index (χ1) is 8.58. The Morgan fingerprint density at radius 3 is 2.83 bits per heavy atom. The van der Waals surface area contributed by atoms with Crippen LogP contribution in [0.4, 0.5) is 0 Å². The normalized spacial score (nSPS) is 20.6. The molecule has 1 heterocycles. The number of carboxylic acid groups (broad SMARTS) is 1. The van der Waals surface area contributed by atoms with E-state index in [4.69, 9.17) is 5.11 Å². The molecule has 0 radical (unpaired) electrons. The van der Waals surface area contributed by atoms with E-state index in [1.54, 1.807) is 6.92 Å². The third kappa shape index (κ3) is 7.16. The van der Waals surface area contributed by atoms with Gasteiger partial charge in [0.25, 0.3) is 0 Å². The van der Waals surface area contributed by atoms with Crippen LogP contribution in [0.1, 0.15) is 45.4 Å². The van der Waals surface area contributed by atoms with Crippen molar-refractivity contribution in [2.24, 2.45) is 0 Å². The van der Waals surface area contributed by atoms with E-state index in [1.807, 2.05) is 21.6 Å². The summed E-state index contributed by atoms with van der Waals surface area (Å²) in [5, 5.41) is 12.1. The number of carboxylic acids is 1. The minimum atomic E-state index is -0.876. The molecule has 0 aliphatic carbocycles. The zero-order valence-corrected chi connectivity index (χ0v) is 12.3. The highest BCUT2D eigenvalue weighted by Gasteiger charge is 2.16. The van der Waals surface area contributed by atoms with Crippen molar-refractivity contribution in [1.82, 2.24) is 5.32 Å². The predicted molar refractivity (Wildman–Crippen MR) is 76.8 cm³/mol. The van der Waals surface area contributed by atoms with Crippen LogP contribution < -0.4 is 5.32 Å². The molecule has 1 aliphatic rings. The molecule has 0 bridgehead atoms. The van der Waals surface area contributed by atoms with Gasteiger partial charge >= 0.3 is 5.97 Å². The van der Waals surface area contributed by atoms with Crippen LogP contribution in [0.5, 0.6) is 0 Å². The average molecular weight is 291 g/mol. The van der Waals surface area contributed by atoms with Gasteiger partial charge in [-0.2, -0.15) is 0 Å². The molecule has 1 saturated heterocycles. The van der Waals surface area contributed by atoms with Crippen LogP contribution in [-0.4, -0.2) is 34.0 Å². The molecule has 1 amide bonds. The summed E-state index contributed by atoms with van der Waals surface area (Å²) in [6.07, 6.45) is 4.95. The Balaban J connectivity index is 2.00. The lowest BCUT2D eigenvalue weighted by Gasteiger charge is -2.11. The van der Waals surface area contributed by atoms with Gasteiger partial charge in [-0.15, -0.1) is 0 Å². The molecule has 0 aromatic carbocycles. The summed E-state index contributed by atoms with van der Waals surface area (Å²) >= 11 is 0. The van der Waals surface area contributed by atoms with Gasteiger partial charge in [-0.3, -0.25) is 9.59 Å². The number of amides is 1. The summed E-state index contributed by atoms with van der Waals surface area (Å²) < 4.78 is 0. The zero-order valence-electron chi connectivity index (χ0n) is 10.7. The number of carbonyl (C=O) groups is 2. The Hall–Kier alpha value is -0.360. The number of hydrogen-bond acceptors (Lipinski definition) is 4. The van der Waals surface area contributed by atoms with Crippen molar-refractivity contribution in [3.63, 3.8) is 0 Å². The second-order valence-corrected chi connectivity index (χ2v) is 7.43. The SMILES string of the molecule is CC(CC(=O)O)NC(=O)CCCCC1CCSS1. The van der Waals surface area contributed by atoms with Gasteiger partial charge in [0.1, 0.15) is 0 Å². The monoisotopic (exact) mass is 291 g/mol. The minimum absolute atomic E-state index is 0.0122. The Morgan fingerprint density at radius 1 is 1.44 bits per heavy atom. The van der Waals surface area contributed by atoms with Gasteiger partial charge in [0, 0.05) is 23.5 Å². The molecule has 1 fully saturated rings. The third-order valence-electron chi connectivity index (χ3n) is 2.80. The highest BCUT2D eigenvalue weighted by molar-refractivity contribution is 8.77. The third-order valence-corrected chi connectivity index (χ3v) is 5.80. The van der Waals surface area contributed by atoms with E-state index in [1.165, 1.54) is 18.6 Å². The van der Waals surface area contributed by atoms with Crippen molar-refractivity contribution in [2.45, 2.75) is 56.7 Å². The molecule has 18 heavy (non-hydrogen) atoms. The summed E-state index contributed by atoms with van der Waals surface area (Å²) in [5.41, 5.74) is 0. The van der Waals surface area contributed by atoms with Crippen LogP contribution in [-0.2, 0) is 9.59 Å². The van der Waals surface area contributed by atoms with Gasteiger partial charge in [-0.1, -0.05) is 28.0 Å². The lowest BCUT2D eigenvalue weighted by Crippen LogP contribution is -2.33. The summed E-state index contributed by atoms with van der Waals surface area (Å²) in [6, 6.07) is -0.281. The predicted octanol–water partition coefficient (Wildman–Crippen LogP) is 2.68. The first-order valence-electron chi connectivity index (χ1n) is 6.37. The molecule has 0 spiro atoms. The van der Waals surface area contributed by atoms with Crippen molar-refractivity contribution in [3.8, 4) is 0 Å². The largest absolute Gasteiger partial charge is 0.481 e. The number of nitrogens with one attached hydrogen (secondary N) is 1. The average Bonchev–Trinajstić information content (AvgIpc) is 2.75. The molecular weight excluding hydrogens is 270 g/mol. The Bertz CT molecular complexity index is 280. The lowest BCUT2D eigenvalue weighted by molar-refractivity contribution is -0.137. The maximum atomic E-state index is 11.5. The van der Waals surface area contributed by atoms with E-state index < -0.39 is 5.97 Å². The Morgan fingerprint density at radius 2 is 2.22 bits per heavy atom. The van der Waals surface area contributed by atoms with Crippen LogP contribution in [0.3, 0.4) is 0 Å². The van der Waals surface area contributed by atoms with Crippen LogP contribution >= 0.6 is 21.6 Å². The van der Waals surface area contributed by atoms with Gasteiger partial charge in [0.15, 0.2) is 0 Å². The van der Waals surface area contributed by atoms with Gasteiger partial charge in [0.05, 0.1) is 6.42 Å². The molecule has 2 atom stereocenters. The quantitative estimate of drug-likeness (QED) is 0.531. The second kappa shape index (κ2) is 8.69. The van der Waals surface area contributed by atoms with Gasteiger partial charge in [0.2, 0.25) is 5.91 Å². The fourth-order valence-corrected chi connectivity index (χ4v) is 4.91. The fourth-order valence-electron chi connectivity index (χ4n) is 1.88. The lowest BCUT2D eigenvalue weighted by atomic mass is 10.1. The Labute approximate surface area is 116 Å². The zero-order chi connectivity index (χ0) is 13.4. The second-order valence-electron chi connectivity index (χ2n) is 4.64. The van der Waals surface area contributed by atoms with E-state index >= 15 is 0 Å². The molecule has 6 heteroatoms. The maximum Gasteiger partial charge on any atom is 0.305 e. The van der Waals surface area contributed by atoms with Crippen molar-refractivity contribution >= 4 is 33.5 Å². The van der Waals surface area contributed by atoms with Crippen molar-refractivity contribution in [1.29, 1.82) is 0 Å². The molecular formula is C12H21NO3S2. The van der Waals surface area contributed by atoms with Crippen molar-refractivity contribution in [2.75, 3.05) is 5.75 Å². The van der Waals surface area contributed by atoms with Gasteiger partial charge < -0.3 is 10.4 Å². The van der Waals surface area contributed by atoms with E-state index in [0.29, 0.717) is 6.42 Å². The van der Waals surface area contributed by atoms with Crippen LogP contribution in [0.2, 0.25) is 0 Å². The van der Waals surface area contributed by atoms with E-state index in [-0.39, 0.29) is 18.4 Å². The highest BCUT2D eigenvalue weighted by Crippen LogP contribution is 2.39. The molecule has 1 aliphatic heterocycles. The summed E-state index contributed by atoms with van der Waals surface area (Å²) in [7, 11) is 3.91. The van der Waals surface area contributed by atoms with Gasteiger partial charge in [-0.25, -0.2) is 0 Å². The number of carbonyl (C=O) groups excluding carboxylic acids is 1. The standard InChI is InChI=1S/C12H21NO3S2/c1-9(8-12(15)16)13-11(14)5-3-2-4-10-6-7-17-18-10/h9-10H,2-8H2,1H3,(H,13,14)(H,15,16). The minimum Gasteiger partial charge on any atom is -0.481 e. The Kier molecular flexibility index (Phi) is 7.58. The summed E-state index contributed by atoms with van der Waals surface area (Å²) in [6.45, 7) is 1.72. The maximum absolute atomic E-state index is 11.5.